The topological polar surface area (TPSA) is 198 Å². The van der Waals surface area contributed by atoms with Gasteiger partial charge in [-0.1, -0.05) is 37.1 Å². The Balaban J connectivity index is 1.15. The van der Waals surface area contributed by atoms with Gasteiger partial charge in [-0.2, -0.15) is 9.97 Å². The van der Waals surface area contributed by atoms with Crippen LogP contribution in [0.1, 0.15) is 76.7 Å². The number of benzene rings is 1. The summed E-state index contributed by atoms with van der Waals surface area (Å²) in [6, 6.07) is 3.19. The molecule has 8 rings (SSSR count). The summed E-state index contributed by atoms with van der Waals surface area (Å²) in [4.78, 5) is 69.5. The summed E-state index contributed by atoms with van der Waals surface area (Å²) >= 11 is 0. The normalized spacial score (nSPS) is 30.1. The summed E-state index contributed by atoms with van der Waals surface area (Å²) in [5.74, 6) is -2.35. The van der Waals surface area contributed by atoms with Gasteiger partial charge >= 0.3 is 12.0 Å². The molecule has 4 bridgehead atoms. The van der Waals surface area contributed by atoms with Crippen LogP contribution < -0.4 is 24.8 Å². The van der Waals surface area contributed by atoms with Gasteiger partial charge in [-0.3, -0.25) is 19.1 Å². The van der Waals surface area contributed by atoms with Gasteiger partial charge in [0.05, 0.1) is 48.6 Å². The van der Waals surface area contributed by atoms with Crippen molar-refractivity contribution in [3.8, 4) is 11.9 Å². The van der Waals surface area contributed by atoms with E-state index in [4.69, 9.17) is 14.2 Å². The second-order valence-electron chi connectivity index (χ2n) is 16.1. The number of nitrogens with one attached hydrogen (secondary N) is 3. The van der Waals surface area contributed by atoms with Gasteiger partial charge in [0.15, 0.2) is 0 Å². The minimum absolute atomic E-state index is 0.0224. The van der Waals surface area contributed by atoms with Crippen molar-refractivity contribution in [2.75, 3.05) is 32.9 Å². The number of nitrogens with zero attached hydrogens (tertiary/aromatic N) is 4. The fourth-order valence-corrected chi connectivity index (χ4v) is 10.2. The first-order chi connectivity index (χ1) is 27.5. The first-order valence-corrected chi connectivity index (χ1v) is 21.8. The highest BCUT2D eigenvalue weighted by Crippen LogP contribution is 2.46. The molecule has 6 aliphatic rings. The Labute approximate surface area is 332 Å². The summed E-state index contributed by atoms with van der Waals surface area (Å²) in [5, 5.41) is 5.90. The van der Waals surface area contributed by atoms with Crippen LogP contribution >= 0.6 is 0 Å². The van der Waals surface area contributed by atoms with Crippen molar-refractivity contribution in [2.24, 2.45) is 11.8 Å². The average molecular weight is 806 g/mol. The second-order valence-corrected chi connectivity index (χ2v) is 18.0. The van der Waals surface area contributed by atoms with E-state index in [1.54, 1.807) is 4.90 Å². The molecule has 1 aromatic carbocycles. The van der Waals surface area contributed by atoms with Crippen molar-refractivity contribution in [3.05, 3.63) is 42.5 Å². The van der Waals surface area contributed by atoms with Gasteiger partial charge < -0.3 is 34.6 Å². The van der Waals surface area contributed by atoms with Crippen molar-refractivity contribution in [1.29, 1.82) is 0 Å². The van der Waals surface area contributed by atoms with Crippen LogP contribution in [0, 0.1) is 11.8 Å². The van der Waals surface area contributed by atoms with Crippen LogP contribution in [-0.2, 0) is 29.1 Å². The van der Waals surface area contributed by atoms with Crippen molar-refractivity contribution >= 4 is 50.8 Å². The van der Waals surface area contributed by atoms with E-state index in [1.807, 2.05) is 37.3 Å². The van der Waals surface area contributed by atoms with Crippen molar-refractivity contribution in [1.82, 2.24) is 35.1 Å². The van der Waals surface area contributed by atoms with Crippen LogP contribution in [-0.4, -0.2) is 120 Å². The molecular formula is C40H51N7O9S. The largest absolute Gasteiger partial charge is 0.472 e. The highest BCUT2D eigenvalue weighted by atomic mass is 32.2. The lowest BCUT2D eigenvalue weighted by Gasteiger charge is -2.34. The summed E-state index contributed by atoms with van der Waals surface area (Å²) in [6.45, 7) is 7.12. The maximum atomic E-state index is 15.0. The summed E-state index contributed by atoms with van der Waals surface area (Å²) in [7, 11) is -3.91. The van der Waals surface area contributed by atoms with Gasteiger partial charge in [-0.25, -0.2) is 13.2 Å². The van der Waals surface area contributed by atoms with E-state index in [0.717, 1.165) is 44.1 Å². The van der Waals surface area contributed by atoms with Crippen molar-refractivity contribution < 1.29 is 41.8 Å². The number of fused-ring (bicyclic) bond motifs is 4. The van der Waals surface area contributed by atoms with E-state index in [9.17, 15) is 27.6 Å². The third-order valence-corrected chi connectivity index (χ3v) is 14.0. The highest BCUT2D eigenvalue weighted by Gasteiger charge is 2.62. The fraction of sp³-hybridized carbons (Fsp3) is 0.600. The number of amides is 5. The lowest BCUT2D eigenvalue weighted by Crippen LogP contribution is -2.60. The van der Waals surface area contributed by atoms with Crippen LogP contribution in [0.5, 0.6) is 11.9 Å². The summed E-state index contributed by atoms with van der Waals surface area (Å²) in [6.07, 6.45) is 10.6. The molecule has 16 nitrogen and oxygen atoms in total. The molecule has 5 amide bonds. The van der Waals surface area contributed by atoms with Crippen LogP contribution in [0.4, 0.5) is 4.79 Å². The molecule has 3 saturated carbocycles. The molecule has 5 fully saturated rings. The zero-order valence-corrected chi connectivity index (χ0v) is 33.0. The van der Waals surface area contributed by atoms with Gasteiger partial charge in [0, 0.05) is 18.9 Å². The van der Waals surface area contributed by atoms with Gasteiger partial charge in [0.2, 0.25) is 27.7 Å². The maximum absolute atomic E-state index is 15.0. The average Bonchev–Trinajstić information content (AvgIpc) is 3.96. The smallest absolute Gasteiger partial charge is 0.320 e. The molecule has 3 aliphatic heterocycles. The van der Waals surface area contributed by atoms with Gasteiger partial charge in [0.25, 0.3) is 5.91 Å². The Morgan fingerprint density at radius 2 is 1.91 bits per heavy atom. The molecule has 4 heterocycles. The van der Waals surface area contributed by atoms with Crippen molar-refractivity contribution in [3.63, 3.8) is 0 Å². The number of hydrogen-bond donors (Lipinski definition) is 3. The third-order valence-electron chi connectivity index (χ3n) is 12.2. The molecule has 2 saturated heterocycles. The van der Waals surface area contributed by atoms with Gasteiger partial charge in [-0.05, 0) is 75.5 Å². The molecular weight excluding hydrogens is 755 g/mol. The van der Waals surface area contributed by atoms with Gasteiger partial charge in [-0.15, -0.1) is 6.58 Å². The third kappa shape index (κ3) is 8.05. The van der Waals surface area contributed by atoms with E-state index in [1.165, 1.54) is 11.0 Å². The van der Waals surface area contributed by atoms with Crippen LogP contribution in [0.2, 0.25) is 0 Å². The SMILES string of the molecule is C=CC1C[C@]1(NC(=O)[C@@H]1C[C@@H]2CN1C(=O)[C@H](C1CCCC1)NC(=O)N1CCC[C@@H]1COC/C=C/c1ccc3nc(OCC)nc(c3c1)O2)C(=O)NS(=O)(=O)C1CC1. The highest BCUT2D eigenvalue weighted by molar-refractivity contribution is 7.91. The number of carbonyl (C=O) groups is 4. The molecule has 17 heteroatoms. The van der Waals surface area contributed by atoms with Crippen LogP contribution in [0.3, 0.4) is 0 Å². The first kappa shape index (κ1) is 39.1. The Morgan fingerprint density at radius 3 is 2.65 bits per heavy atom. The fourth-order valence-electron chi connectivity index (χ4n) is 8.84. The standard InChI is InChI=1S/C40H51N7O9S/c1-3-26-21-40(26,37(50)45-57(52,53)29-14-15-29)44-34(48)32-20-28-22-47(32)36(49)33(25-10-5-6-11-25)42-39(51)46-17-7-12-27(46)23-54-18-8-9-24-13-16-31-30(19-24)35(56-28)43-38(41-31)55-4-2/h3,8-9,13,16,19,25-29,32-33H,1,4-7,10-12,14-15,17-18,20-23H2,2H3,(H,42,51)(H,44,48)(H,45,50)/b9-8+/t26?,27-,28-,32+,33+,40-/m1/s1. The van der Waals surface area contributed by atoms with Crippen molar-refractivity contribution in [2.45, 2.75) is 106 Å². The lowest BCUT2D eigenvalue weighted by molar-refractivity contribution is -0.142. The number of ether oxygens (including phenoxy) is 3. The van der Waals surface area contributed by atoms with Crippen LogP contribution in [0.15, 0.2) is 36.9 Å². The van der Waals surface area contributed by atoms with E-state index in [2.05, 4.69) is 31.9 Å². The summed E-state index contributed by atoms with van der Waals surface area (Å²) in [5.41, 5.74) is -0.131. The molecule has 0 spiro atoms. The molecule has 1 aromatic heterocycles. The molecule has 3 aliphatic carbocycles. The quantitative estimate of drug-likeness (QED) is 0.315. The first-order valence-electron chi connectivity index (χ1n) is 20.2. The molecule has 2 aromatic rings. The van der Waals surface area contributed by atoms with E-state index < -0.39 is 62.6 Å². The minimum atomic E-state index is -3.91. The second kappa shape index (κ2) is 15.9. The Kier molecular flexibility index (Phi) is 10.9. The molecule has 57 heavy (non-hydrogen) atoms. The Bertz CT molecular complexity index is 2070. The molecule has 306 valence electrons. The molecule has 0 radical (unpaired) electrons. The number of hydrogen-bond acceptors (Lipinski definition) is 11. The predicted octanol–water partition coefficient (Wildman–Crippen LogP) is 2.82. The lowest BCUT2D eigenvalue weighted by atomic mass is 9.96. The zero-order valence-electron chi connectivity index (χ0n) is 32.2. The molecule has 6 atom stereocenters. The molecule has 3 N–H and O–H groups in total. The minimum Gasteiger partial charge on any atom is -0.472 e. The number of urea groups is 1. The number of rotatable bonds is 9. The zero-order chi connectivity index (χ0) is 39.9. The molecule has 1 unspecified atom stereocenters. The predicted molar refractivity (Wildman–Crippen MR) is 208 cm³/mol. The van der Waals surface area contributed by atoms with Crippen LogP contribution in [0.25, 0.3) is 17.0 Å². The monoisotopic (exact) mass is 805 g/mol. The number of sulfonamides is 1. The maximum Gasteiger partial charge on any atom is 0.320 e. The van der Waals surface area contributed by atoms with E-state index in [0.29, 0.717) is 50.1 Å². The van der Waals surface area contributed by atoms with E-state index in [-0.39, 0.29) is 49.3 Å². The number of carbonyl (C=O) groups excluding carboxylic acids is 4. The number of aromatic nitrogens is 2. The van der Waals surface area contributed by atoms with Gasteiger partial charge in [0.1, 0.15) is 23.7 Å². The Hall–Kier alpha value is -4.77. The Morgan fingerprint density at radius 1 is 1.11 bits per heavy atom. The van der Waals surface area contributed by atoms with E-state index >= 15 is 0 Å². The summed E-state index contributed by atoms with van der Waals surface area (Å²) < 4.78 is 46.1.